The Hall–Kier alpha value is -0.570. The van der Waals surface area contributed by atoms with Crippen LogP contribution in [0.5, 0.6) is 0 Å². The van der Waals surface area contributed by atoms with Crippen LogP contribution in [0.1, 0.15) is 24.4 Å². The van der Waals surface area contributed by atoms with E-state index in [1.54, 1.807) is 0 Å². The summed E-state index contributed by atoms with van der Waals surface area (Å²) in [4.78, 5) is 2.25. The lowest BCUT2D eigenvalue weighted by molar-refractivity contribution is 0.288. The van der Waals surface area contributed by atoms with Gasteiger partial charge in [-0.1, -0.05) is 23.7 Å². The first-order valence-corrected chi connectivity index (χ1v) is 6.20. The van der Waals surface area contributed by atoms with Gasteiger partial charge in [-0.2, -0.15) is 0 Å². The van der Waals surface area contributed by atoms with Crippen molar-refractivity contribution < 1.29 is 0 Å². The highest BCUT2D eigenvalue weighted by Crippen LogP contribution is 2.23. The molecule has 0 heterocycles. The highest BCUT2D eigenvalue weighted by atomic mass is 35.5. The van der Waals surface area contributed by atoms with Gasteiger partial charge in [0.2, 0.25) is 0 Å². The molecular formula is C13H19ClN2. The first kappa shape index (κ1) is 11.9. The lowest BCUT2D eigenvalue weighted by Crippen LogP contribution is -2.32. The predicted octanol–water partition coefficient (Wildman–Crippen LogP) is 2.69. The summed E-state index contributed by atoms with van der Waals surface area (Å²) >= 11 is 5.90. The Morgan fingerprint density at radius 2 is 1.94 bits per heavy atom. The van der Waals surface area contributed by atoms with Crippen molar-refractivity contribution in [3.63, 3.8) is 0 Å². The molecule has 3 heteroatoms. The van der Waals surface area contributed by atoms with Gasteiger partial charge >= 0.3 is 0 Å². The maximum absolute atomic E-state index is 5.90. The summed E-state index contributed by atoms with van der Waals surface area (Å²) in [5.41, 5.74) is 1.32. The largest absolute Gasteiger partial charge is 0.312 e. The average Bonchev–Trinajstić information content (AvgIpc) is 3.04. The van der Waals surface area contributed by atoms with Gasteiger partial charge in [0.15, 0.2) is 0 Å². The number of likely N-dealkylation sites (N-methyl/N-ethyl adjacent to an activating group) is 1. The van der Waals surface area contributed by atoms with Crippen molar-refractivity contribution in [2.75, 3.05) is 20.6 Å². The normalized spacial score (nSPS) is 17.8. The van der Waals surface area contributed by atoms with Crippen LogP contribution in [0.4, 0.5) is 0 Å². The van der Waals surface area contributed by atoms with Crippen molar-refractivity contribution in [1.82, 2.24) is 10.2 Å². The highest BCUT2D eigenvalue weighted by Gasteiger charge is 2.23. The molecule has 0 saturated heterocycles. The predicted molar refractivity (Wildman–Crippen MR) is 68.9 cm³/mol. The lowest BCUT2D eigenvalue weighted by atomic mass is 10.1. The van der Waals surface area contributed by atoms with E-state index in [-0.39, 0.29) is 0 Å². The number of rotatable bonds is 5. The molecule has 1 saturated carbocycles. The third kappa shape index (κ3) is 3.21. The third-order valence-corrected chi connectivity index (χ3v) is 3.31. The lowest BCUT2D eigenvalue weighted by Gasteiger charge is -2.25. The van der Waals surface area contributed by atoms with Gasteiger partial charge in [-0.3, -0.25) is 0 Å². The molecular weight excluding hydrogens is 220 g/mol. The Labute approximate surface area is 103 Å². The number of hydrogen-bond donors (Lipinski definition) is 1. The fraction of sp³-hybridized carbons (Fsp3) is 0.538. The SMILES string of the molecule is CN(C)C(CNC1CC1)c1ccc(Cl)cc1. The van der Waals surface area contributed by atoms with Gasteiger partial charge < -0.3 is 10.2 Å². The Bertz CT molecular complexity index is 330. The molecule has 1 unspecified atom stereocenters. The standard InChI is InChI=1S/C13H19ClN2/c1-16(2)13(9-15-12-7-8-12)10-3-5-11(14)6-4-10/h3-6,12-13,15H,7-9H2,1-2H3. The van der Waals surface area contributed by atoms with E-state index in [1.165, 1.54) is 18.4 Å². The van der Waals surface area contributed by atoms with Gasteiger partial charge in [-0.05, 0) is 44.6 Å². The minimum atomic E-state index is 0.429. The number of benzene rings is 1. The zero-order chi connectivity index (χ0) is 11.5. The summed E-state index contributed by atoms with van der Waals surface area (Å²) < 4.78 is 0. The van der Waals surface area contributed by atoms with Crippen molar-refractivity contribution in [2.24, 2.45) is 0 Å². The summed E-state index contributed by atoms with van der Waals surface area (Å²) in [6.07, 6.45) is 2.67. The van der Waals surface area contributed by atoms with Crippen molar-refractivity contribution in [3.8, 4) is 0 Å². The van der Waals surface area contributed by atoms with Gasteiger partial charge in [-0.15, -0.1) is 0 Å². The number of halogens is 1. The molecule has 1 atom stereocenters. The van der Waals surface area contributed by atoms with Gasteiger partial charge in [0.25, 0.3) is 0 Å². The second-order valence-corrected chi connectivity index (χ2v) is 5.15. The van der Waals surface area contributed by atoms with Crippen LogP contribution >= 0.6 is 11.6 Å². The highest BCUT2D eigenvalue weighted by molar-refractivity contribution is 6.30. The molecule has 88 valence electrons. The molecule has 2 nitrogen and oxygen atoms in total. The molecule has 2 rings (SSSR count). The maximum atomic E-state index is 5.90. The summed E-state index contributed by atoms with van der Waals surface area (Å²) in [5, 5.41) is 4.38. The third-order valence-electron chi connectivity index (χ3n) is 3.06. The quantitative estimate of drug-likeness (QED) is 0.849. The van der Waals surface area contributed by atoms with Gasteiger partial charge in [0, 0.05) is 23.7 Å². The van der Waals surface area contributed by atoms with Crippen LogP contribution in [0.25, 0.3) is 0 Å². The summed E-state index contributed by atoms with van der Waals surface area (Å²) in [5.74, 6) is 0. The first-order valence-electron chi connectivity index (χ1n) is 5.82. The molecule has 0 aliphatic heterocycles. The van der Waals surface area contributed by atoms with Crippen LogP contribution in [0.15, 0.2) is 24.3 Å². The van der Waals surface area contributed by atoms with Crippen LogP contribution in [-0.2, 0) is 0 Å². The van der Waals surface area contributed by atoms with Crippen LogP contribution in [-0.4, -0.2) is 31.6 Å². The number of nitrogens with one attached hydrogen (secondary N) is 1. The molecule has 1 aromatic carbocycles. The Morgan fingerprint density at radius 1 is 1.31 bits per heavy atom. The van der Waals surface area contributed by atoms with E-state index in [0.29, 0.717) is 6.04 Å². The number of hydrogen-bond acceptors (Lipinski definition) is 2. The molecule has 16 heavy (non-hydrogen) atoms. The zero-order valence-corrected chi connectivity index (χ0v) is 10.7. The first-order chi connectivity index (χ1) is 7.66. The molecule has 1 fully saturated rings. The fourth-order valence-corrected chi connectivity index (χ4v) is 1.98. The van der Waals surface area contributed by atoms with E-state index in [9.17, 15) is 0 Å². The maximum Gasteiger partial charge on any atom is 0.0466 e. The van der Waals surface area contributed by atoms with Gasteiger partial charge in [0.1, 0.15) is 0 Å². The van der Waals surface area contributed by atoms with E-state index in [1.807, 2.05) is 12.1 Å². The van der Waals surface area contributed by atoms with Crippen LogP contribution in [0, 0.1) is 0 Å². The monoisotopic (exact) mass is 238 g/mol. The Morgan fingerprint density at radius 3 is 2.44 bits per heavy atom. The van der Waals surface area contributed by atoms with Crippen molar-refractivity contribution in [3.05, 3.63) is 34.9 Å². The van der Waals surface area contributed by atoms with Gasteiger partial charge in [0.05, 0.1) is 0 Å². The molecule has 0 radical (unpaired) electrons. The smallest absolute Gasteiger partial charge is 0.0466 e. The zero-order valence-electron chi connectivity index (χ0n) is 9.91. The van der Waals surface area contributed by atoms with E-state index in [0.717, 1.165) is 17.6 Å². The molecule has 1 aliphatic rings. The topological polar surface area (TPSA) is 15.3 Å². The van der Waals surface area contributed by atoms with Crippen molar-refractivity contribution >= 4 is 11.6 Å². The summed E-state index contributed by atoms with van der Waals surface area (Å²) in [6.45, 7) is 1.01. The second-order valence-electron chi connectivity index (χ2n) is 4.71. The van der Waals surface area contributed by atoms with Crippen LogP contribution in [0.2, 0.25) is 5.02 Å². The Balaban J connectivity index is 2.01. The molecule has 0 spiro atoms. The fourth-order valence-electron chi connectivity index (χ4n) is 1.85. The molecule has 1 aromatic rings. The van der Waals surface area contributed by atoms with E-state index < -0.39 is 0 Å². The molecule has 1 aliphatic carbocycles. The summed E-state index contributed by atoms with van der Waals surface area (Å²) in [6, 6.07) is 9.34. The Kier molecular flexibility index (Phi) is 3.85. The molecule has 0 aromatic heterocycles. The minimum absolute atomic E-state index is 0.429. The number of nitrogens with zero attached hydrogens (tertiary/aromatic N) is 1. The van der Waals surface area contributed by atoms with Gasteiger partial charge in [-0.25, -0.2) is 0 Å². The van der Waals surface area contributed by atoms with E-state index in [2.05, 4.69) is 36.4 Å². The van der Waals surface area contributed by atoms with E-state index in [4.69, 9.17) is 11.6 Å². The van der Waals surface area contributed by atoms with Crippen molar-refractivity contribution in [1.29, 1.82) is 0 Å². The molecule has 0 amide bonds. The van der Waals surface area contributed by atoms with Crippen molar-refractivity contribution in [2.45, 2.75) is 24.9 Å². The van der Waals surface area contributed by atoms with E-state index >= 15 is 0 Å². The summed E-state index contributed by atoms with van der Waals surface area (Å²) in [7, 11) is 4.24. The minimum Gasteiger partial charge on any atom is -0.312 e. The molecule has 0 bridgehead atoms. The molecule has 1 N–H and O–H groups in total. The van der Waals surface area contributed by atoms with Crippen LogP contribution in [0.3, 0.4) is 0 Å². The average molecular weight is 239 g/mol. The second kappa shape index (κ2) is 5.17. The van der Waals surface area contributed by atoms with Crippen LogP contribution < -0.4 is 5.32 Å².